The van der Waals surface area contributed by atoms with Gasteiger partial charge in [0.15, 0.2) is 18.1 Å². The van der Waals surface area contributed by atoms with E-state index < -0.39 is 0 Å². The summed E-state index contributed by atoms with van der Waals surface area (Å²) >= 11 is 11.9. The van der Waals surface area contributed by atoms with Gasteiger partial charge in [0.05, 0.1) is 17.2 Å². The van der Waals surface area contributed by atoms with Crippen LogP contribution in [0.5, 0.6) is 11.5 Å². The third kappa shape index (κ3) is 4.33. The summed E-state index contributed by atoms with van der Waals surface area (Å²) in [6.07, 6.45) is 1.27. The molecule has 1 heterocycles. The first-order valence-electron chi connectivity index (χ1n) is 7.31. The number of halogens is 2. The molecule has 0 aliphatic carbocycles. The summed E-state index contributed by atoms with van der Waals surface area (Å²) in [7, 11) is 1.48. The van der Waals surface area contributed by atoms with Gasteiger partial charge in [-0.15, -0.1) is 0 Å². The van der Waals surface area contributed by atoms with Crippen molar-refractivity contribution in [1.29, 1.82) is 0 Å². The number of hydrogen-bond donors (Lipinski definition) is 0. The number of piperazine rings is 1. The first kappa shape index (κ1) is 18.4. The standard InChI is InChI=1S/C16H18Cl2N2O4/c1-3-15(21)19-4-6-20(7-5-19)16(22)10-24-14-9-12(18)11(17)8-13(14)23-2/h3,8-9H,1,4-7,10H2,2H3. The number of ether oxygens (including phenoxy) is 2. The first-order chi connectivity index (χ1) is 11.5. The Kier molecular flexibility index (Phi) is 6.34. The Morgan fingerprint density at radius 3 is 2.21 bits per heavy atom. The van der Waals surface area contributed by atoms with Crippen LogP contribution >= 0.6 is 23.2 Å². The monoisotopic (exact) mass is 372 g/mol. The van der Waals surface area contributed by atoms with Gasteiger partial charge < -0.3 is 19.3 Å². The summed E-state index contributed by atoms with van der Waals surface area (Å²) in [5.74, 6) is 0.451. The molecular formula is C16H18Cl2N2O4. The number of hydrogen-bond acceptors (Lipinski definition) is 4. The molecule has 1 saturated heterocycles. The second-order valence-corrected chi connectivity index (χ2v) is 5.93. The molecule has 8 heteroatoms. The van der Waals surface area contributed by atoms with E-state index in [1.807, 2.05) is 0 Å². The number of carbonyl (C=O) groups is 2. The molecule has 0 saturated carbocycles. The SMILES string of the molecule is C=CC(=O)N1CCN(C(=O)COc2cc(Cl)c(Cl)cc2OC)CC1. The van der Waals surface area contributed by atoms with Gasteiger partial charge in [0.25, 0.3) is 5.91 Å². The highest BCUT2D eigenvalue weighted by molar-refractivity contribution is 6.42. The second kappa shape index (κ2) is 8.26. The molecule has 0 bridgehead atoms. The number of methoxy groups -OCH3 is 1. The van der Waals surface area contributed by atoms with E-state index >= 15 is 0 Å². The number of amides is 2. The van der Waals surface area contributed by atoms with Crippen molar-refractivity contribution in [3.63, 3.8) is 0 Å². The fourth-order valence-electron chi connectivity index (χ4n) is 2.32. The zero-order valence-corrected chi connectivity index (χ0v) is 14.8. The maximum absolute atomic E-state index is 12.2. The molecule has 2 rings (SSSR count). The Balaban J connectivity index is 1.91. The van der Waals surface area contributed by atoms with E-state index in [9.17, 15) is 9.59 Å². The number of rotatable bonds is 5. The molecule has 2 amide bonds. The molecule has 1 aromatic rings. The lowest BCUT2D eigenvalue weighted by molar-refractivity contribution is -0.138. The summed E-state index contributed by atoms with van der Waals surface area (Å²) in [6, 6.07) is 3.04. The van der Waals surface area contributed by atoms with Crippen LogP contribution in [-0.4, -0.2) is 61.5 Å². The van der Waals surface area contributed by atoms with Crippen LogP contribution in [0.4, 0.5) is 0 Å². The third-order valence-electron chi connectivity index (χ3n) is 3.68. The van der Waals surface area contributed by atoms with Crippen molar-refractivity contribution >= 4 is 35.0 Å². The quantitative estimate of drug-likeness (QED) is 0.743. The zero-order chi connectivity index (χ0) is 17.7. The number of benzene rings is 1. The van der Waals surface area contributed by atoms with Crippen LogP contribution in [0.25, 0.3) is 0 Å². The highest BCUT2D eigenvalue weighted by atomic mass is 35.5. The minimum Gasteiger partial charge on any atom is -0.493 e. The fourth-order valence-corrected chi connectivity index (χ4v) is 2.63. The van der Waals surface area contributed by atoms with Crippen LogP contribution in [0.3, 0.4) is 0 Å². The molecular weight excluding hydrogens is 355 g/mol. The molecule has 0 aromatic heterocycles. The van der Waals surface area contributed by atoms with Gasteiger partial charge in [-0.05, 0) is 6.08 Å². The summed E-state index contributed by atoms with van der Waals surface area (Å²) in [5, 5.41) is 0.659. The lowest BCUT2D eigenvalue weighted by Gasteiger charge is -2.34. The van der Waals surface area contributed by atoms with Crippen LogP contribution < -0.4 is 9.47 Å². The fraction of sp³-hybridized carbons (Fsp3) is 0.375. The van der Waals surface area contributed by atoms with E-state index in [1.54, 1.807) is 9.80 Å². The molecule has 1 aliphatic rings. The maximum atomic E-state index is 12.2. The molecule has 1 aromatic carbocycles. The van der Waals surface area contributed by atoms with Gasteiger partial charge in [-0.25, -0.2) is 0 Å². The molecule has 0 N–H and O–H groups in total. The minimum absolute atomic E-state index is 0.126. The van der Waals surface area contributed by atoms with Crippen LogP contribution in [-0.2, 0) is 9.59 Å². The lowest BCUT2D eigenvalue weighted by Crippen LogP contribution is -2.51. The van der Waals surface area contributed by atoms with Crippen molar-refractivity contribution < 1.29 is 19.1 Å². The minimum atomic E-state index is -0.172. The Bertz CT molecular complexity index is 643. The molecule has 1 fully saturated rings. The topological polar surface area (TPSA) is 59.1 Å². The van der Waals surface area contributed by atoms with Gasteiger partial charge in [0.1, 0.15) is 0 Å². The molecule has 1 aliphatic heterocycles. The summed E-state index contributed by atoms with van der Waals surface area (Å²) < 4.78 is 10.7. The molecule has 0 atom stereocenters. The molecule has 24 heavy (non-hydrogen) atoms. The van der Waals surface area contributed by atoms with E-state index in [-0.39, 0.29) is 18.4 Å². The average Bonchev–Trinajstić information content (AvgIpc) is 2.61. The van der Waals surface area contributed by atoms with Crippen LogP contribution in [0.2, 0.25) is 10.0 Å². The van der Waals surface area contributed by atoms with Gasteiger partial charge in [-0.3, -0.25) is 9.59 Å². The van der Waals surface area contributed by atoms with Crippen molar-refractivity contribution in [3.8, 4) is 11.5 Å². The normalized spacial score (nSPS) is 14.3. The predicted octanol–water partition coefficient (Wildman–Crippen LogP) is 2.24. The van der Waals surface area contributed by atoms with Gasteiger partial charge in [-0.1, -0.05) is 29.8 Å². The first-order valence-corrected chi connectivity index (χ1v) is 8.06. The van der Waals surface area contributed by atoms with E-state index in [1.165, 1.54) is 25.3 Å². The highest BCUT2D eigenvalue weighted by Gasteiger charge is 2.23. The number of carbonyl (C=O) groups excluding carboxylic acids is 2. The van der Waals surface area contributed by atoms with Gasteiger partial charge >= 0.3 is 0 Å². The van der Waals surface area contributed by atoms with Crippen molar-refractivity contribution in [3.05, 3.63) is 34.8 Å². The molecule has 130 valence electrons. The second-order valence-electron chi connectivity index (χ2n) is 5.12. The van der Waals surface area contributed by atoms with E-state index in [2.05, 4.69) is 6.58 Å². The van der Waals surface area contributed by atoms with Crippen molar-refractivity contribution in [1.82, 2.24) is 9.80 Å². The van der Waals surface area contributed by atoms with Crippen LogP contribution in [0.15, 0.2) is 24.8 Å². The Labute approximate surface area is 150 Å². The van der Waals surface area contributed by atoms with E-state index in [4.69, 9.17) is 32.7 Å². The summed E-state index contributed by atoms with van der Waals surface area (Å²) in [6.45, 7) is 5.18. The Morgan fingerprint density at radius 2 is 1.67 bits per heavy atom. The zero-order valence-electron chi connectivity index (χ0n) is 13.3. The van der Waals surface area contributed by atoms with Crippen molar-refractivity contribution in [2.45, 2.75) is 0 Å². The largest absolute Gasteiger partial charge is 0.493 e. The summed E-state index contributed by atoms with van der Waals surface area (Å²) in [5.41, 5.74) is 0. The molecule has 0 spiro atoms. The average molecular weight is 373 g/mol. The van der Waals surface area contributed by atoms with Crippen molar-refractivity contribution in [2.24, 2.45) is 0 Å². The third-order valence-corrected chi connectivity index (χ3v) is 4.40. The van der Waals surface area contributed by atoms with E-state index in [0.717, 1.165) is 0 Å². The summed E-state index contributed by atoms with van der Waals surface area (Å²) in [4.78, 5) is 27.1. The van der Waals surface area contributed by atoms with Gasteiger partial charge in [-0.2, -0.15) is 0 Å². The lowest BCUT2D eigenvalue weighted by atomic mass is 10.3. The Hall–Kier alpha value is -1.92. The van der Waals surface area contributed by atoms with Crippen LogP contribution in [0, 0.1) is 0 Å². The maximum Gasteiger partial charge on any atom is 0.260 e. The van der Waals surface area contributed by atoms with Gasteiger partial charge in [0.2, 0.25) is 5.91 Å². The van der Waals surface area contributed by atoms with Crippen LogP contribution in [0.1, 0.15) is 0 Å². The Morgan fingerprint density at radius 1 is 1.12 bits per heavy atom. The van der Waals surface area contributed by atoms with Gasteiger partial charge in [0, 0.05) is 38.3 Å². The number of nitrogens with zero attached hydrogens (tertiary/aromatic N) is 2. The molecule has 0 radical (unpaired) electrons. The van der Waals surface area contributed by atoms with E-state index in [0.29, 0.717) is 47.7 Å². The molecule has 6 nitrogen and oxygen atoms in total. The predicted molar refractivity (Wildman–Crippen MR) is 91.9 cm³/mol. The van der Waals surface area contributed by atoms with Crippen molar-refractivity contribution in [2.75, 3.05) is 39.9 Å². The smallest absolute Gasteiger partial charge is 0.260 e. The molecule has 0 unspecified atom stereocenters. The highest BCUT2D eigenvalue weighted by Crippen LogP contribution is 2.35.